The number of methoxy groups -OCH3 is 1. The number of ether oxygens (including phenoxy) is 1. The summed E-state index contributed by atoms with van der Waals surface area (Å²) in [5.74, 6) is 0.924. The maximum atomic E-state index is 12.3. The van der Waals surface area contributed by atoms with Gasteiger partial charge in [0.2, 0.25) is 10.0 Å². The van der Waals surface area contributed by atoms with E-state index in [0.29, 0.717) is 30.3 Å². The second-order valence-electron chi connectivity index (χ2n) is 4.43. The van der Waals surface area contributed by atoms with Gasteiger partial charge in [-0.1, -0.05) is 0 Å². The van der Waals surface area contributed by atoms with Crippen LogP contribution in [0.5, 0.6) is 5.75 Å². The minimum Gasteiger partial charge on any atom is -0.497 e. The van der Waals surface area contributed by atoms with Crippen LogP contribution in [0.15, 0.2) is 29.2 Å². The van der Waals surface area contributed by atoms with E-state index >= 15 is 0 Å². The molecule has 100 valence electrons. The van der Waals surface area contributed by atoms with Crippen molar-refractivity contribution in [3.63, 3.8) is 0 Å². The van der Waals surface area contributed by atoms with E-state index in [4.69, 9.17) is 10.5 Å². The van der Waals surface area contributed by atoms with Crippen molar-refractivity contribution < 1.29 is 13.2 Å². The summed E-state index contributed by atoms with van der Waals surface area (Å²) in [5.41, 5.74) is 5.58. The first-order valence-electron chi connectivity index (χ1n) is 5.92. The van der Waals surface area contributed by atoms with Crippen molar-refractivity contribution in [3.05, 3.63) is 24.3 Å². The summed E-state index contributed by atoms with van der Waals surface area (Å²) < 4.78 is 31.2. The predicted octanol–water partition coefficient (Wildman–Crippen LogP) is 0.664. The van der Waals surface area contributed by atoms with Gasteiger partial charge in [-0.2, -0.15) is 4.31 Å². The number of hydrogen-bond acceptors (Lipinski definition) is 4. The van der Waals surface area contributed by atoms with Crippen LogP contribution >= 0.6 is 0 Å². The first kappa shape index (κ1) is 13.3. The molecule has 1 atom stereocenters. The average molecular weight is 270 g/mol. The number of nitrogens with zero attached hydrogens (tertiary/aromatic N) is 1. The first-order chi connectivity index (χ1) is 8.57. The largest absolute Gasteiger partial charge is 0.497 e. The molecule has 0 radical (unpaired) electrons. The fourth-order valence-corrected chi connectivity index (χ4v) is 3.64. The zero-order valence-electron chi connectivity index (χ0n) is 10.4. The molecule has 0 amide bonds. The minimum atomic E-state index is -3.38. The Morgan fingerprint density at radius 1 is 1.39 bits per heavy atom. The van der Waals surface area contributed by atoms with Gasteiger partial charge in [-0.05, 0) is 43.1 Å². The van der Waals surface area contributed by atoms with Crippen molar-refractivity contribution in [2.45, 2.75) is 11.3 Å². The van der Waals surface area contributed by atoms with Crippen LogP contribution in [0.4, 0.5) is 0 Å². The number of rotatable bonds is 4. The van der Waals surface area contributed by atoms with Crippen molar-refractivity contribution in [1.29, 1.82) is 0 Å². The van der Waals surface area contributed by atoms with Gasteiger partial charge >= 0.3 is 0 Å². The lowest BCUT2D eigenvalue weighted by atomic mass is 10.1. The van der Waals surface area contributed by atoms with Crippen LogP contribution in [-0.4, -0.2) is 39.5 Å². The molecule has 0 aromatic heterocycles. The number of sulfonamides is 1. The summed E-state index contributed by atoms with van der Waals surface area (Å²) >= 11 is 0. The summed E-state index contributed by atoms with van der Waals surface area (Å²) in [7, 11) is -1.83. The van der Waals surface area contributed by atoms with E-state index in [1.807, 2.05) is 0 Å². The Bertz CT molecular complexity index is 499. The lowest BCUT2D eigenvalue weighted by molar-refractivity contribution is 0.414. The fourth-order valence-electron chi connectivity index (χ4n) is 2.10. The van der Waals surface area contributed by atoms with Crippen molar-refractivity contribution in [1.82, 2.24) is 4.31 Å². The van der Waals surface area contributed by atoms with Gasteiger partial charge in [0, 0.05) is 13.1 Å². The summed E-state index contributed by atoms with van der Waals surface area (Å²) in [6.45, 7) is 1.61. The second kappa shape index (κ2) is 5.26. The Kier molecular flexibility index (Phi) is 3.89. The van der Waals surface area contributed by atoms with E-state index in [2.05, 4.69) is 0 Å². The molecule has 1 aliphatic heterocycles. The summed E-state index contributed by atoms with van der Waals surface area (Å²) in [6, 6.07) is 6.46. The first-order valence-corrected chi connectivity index (χ1v) is 7.36. The zero-order valence-corrected chi connectivity index (χ0v) is 11.2. The van der Waals surface area contributed by atoms with Gasteiger partial charge in [0.1, 0.15) is 5.75 Å². The second-order valence-corrected chi connectivity index (χ2v) is 6.37. The van der Waals surface area contributed by atoms with Gasteiger partial charge in [0.05, 0.1) is 12.0 Å². The molecule has 1 fully saturated rings. The molecular weight excluding hydrogens is 252 g/mol. The molecular formula is C12H18N2O3S. The van der Waals surface area contributed by atoms with E-state index in [9.17, 15) is 8.42 Å². The topological polar surface area (TPSA) is 72.6 Å². The number of hydrogen-bond donors (Lipinski definition) is 1. The molecule has 1 unspecified atom stereocenters. The Morgan fingerprint density at radius 2 is 2.06 bits per heavy atom. The van der Waals surface area contributed by atoms with Crippen molar-refractivity contribution in [3.8, 4) is 5.75 Å². The molecule has 1 aromatic carbocycles. The third-order valence-electron chi connectivity index (χ3n) is 3.28. The molecule has 0 bridgehead atoms. The number of nitrogens with two attached hydrogens (primary N) is 1. The van der Waals surface area contributed by atoms with Gasteiger partial charge in [-0.3, -0.25) is 0 Å². The van der Waals surface area contributed by atoms with Crippen molar-refractivity contribution in [2.75, 3.05) is 26.7 Å². The standard InChI is InChI=1S/C12H18N2O3S/c1-17-11-2-4-12(5-3-11)18(15,16)14-7-6-10(8-13)9-14/h2-5,10H,6-9,13H2,1H3. The highest BCUT2D eigenvalue weighted by molar-refractivity contribution is 7.89. The van der Waals surface area contributed by atoms with E-state index in [1.165, 1.54) is 4.31 Å². The zero-order chi connectivity index (χ0) is 13.2. The molecule has 0 saturated carbocycles. The average Bonchev–Trinajstić information content (AvgIpc) is 2.88. The summed E-state index contributed by atoms with van der Waals surface area (Å²) in [5, 5.41) is 0. The van der Waals surface area contributed by atoms with Crippen LogP contribution < -0.4 is 10.5 Å². The molecule has 0 aliphatic carbocycles. The Hall–Kier alpha value is -1.11. The highest BCUT2D eigenvalue weighted by Gasteiger charge is 2.31. The fraction of sp³-hybridized carbons (Fsp3) is 0.500. The van der Waals surface area contributed by atoms with Gasteiger partial charge in [-0.25, -0.2) is 8.42 Å². The van der Waals surface area contributed by atoms with Crippen LogP contribution in [0.3, 0.4) is 0 Å². The smallest absolute Gasteiger partial charge is 0.243 e. The normalized spacial score (nSPS) is 21.1. The SMILES string of the molecule is COc1ccc(S(=O)(=O)N2CCC(CN)C2)cc1. The van der Waals surface area contributed by atoms with E-state index in [-0.39, 0.29) is 5.92 Å². The third kappa shape index (κ3) is 2.50. The highest BCUT2D eigenvalue weighted by Crippen LogP contribution is 2.24. The molecule has 1 aliphatic rings. The van der Waals surface area contributed by atoms with E-state index in [1.54, 1.807) is 31.4 Å². The van der Waals surface area contributed by atoms with E-state index < -0.39 is 10.0 Å². The molecule has 2 N–H and O–H groups in total. The van der Waals surface area contributed by atoms with Crippen LogP contribution in [0.25, 0.3) is 0 Å². The Morgan fingerprint density at radius 3 is 2.56 bits per heavy atom. The molecule has 0 spiro atoms. The Labute approximate surface area is 108 Å². The molecule has 5 nitrogen and oxygen atoms in total. The summed E-state index contributed by atoms with van der Waals surface area (Å²) in [4.78, 5) is 0.306. The van der Waals surface area contributed by atoms with Gasteiger partial charge in [0.25, 0.3) is 0 Å². The lowest BCUT2D eigenvalue weighted by Gasteiger charge is -2.16. The lowest BCUT2D eigenvalue weighted by Crippen LogP contribution is -2.29. The van der Waals surface area contributed by atoms with Crippen LogP contribution in [0.1, 0.15) is 6.42 Å². The van der Waals surface area contributed by atoms with Crippen LogP contribution in [0.2, 0.25) is 0 Å². The van der Waals surface area contributed by atoms with Crippen molar-refractivity contribution in [2.24, 2.45) is 11.7 Å². The maximum absolute atomic E-state index is 12.3. The maximum Gasteiger partial charge on any atom is 0.243 e. The quantitative estimate of drug-likeness (QED) is 0.872. The number of benzene rings is 1. The monoisotopic (exact) mass is 270 g/mol. The van der Waals surface area contributed by atoms with Gasteiger partial charge < -0.3 is 10.5 Å². The highest BCUT2D eigenvalue weighted by atomic mass is 32.2. The molecule has 1 saturated heterocycles. The molecule has 6 heteroatoms. The van der Waals surface area contributed by atoms with Gasteiger partial charge in [0.15, 0.2) is 0 Å². The van der Waals surface area contributed by atoms with Crippen molar-refractivity contribution >= 4 is 10.0 Å². The van der Waals surface area contributed by atoms with Crippen LogP contribution in [0, 0.1) is 5.92 Å². The van der Waals surface area contributed by atoms with E-state index in [0.717, 1.165) is 6.42 Å². The minimum absolute atomic E-state index is 0.276. The molecule has 18 heavy (non-hydrogen) atoms. The van der Waals surface area contributed by atoms with Gasteiger partial charge in [-0.15, -0.1) is 0 Å². The summed E-state index contributed by atoms with van der Waals surface area (Å²) in [6.07, 6.45) is 0.839. The molecule has 1 heterocycles. The third-order valence-corrected chi connectivity index (χ3v) is 5.16. The Balaban J connectivity index is 2.20. The predicted molar refractivity (Wildman–Crippen MR) is 68.9 cm³/mol. The molecule has 1 aromatic rings. The molecule has 2 rings (SSSR count). The van der Waals surface area contributed by atoms with Crippen LogP contribution in [-0.2, 0) is 10.0 Å².